The van der Waals surface area contributed by atoms with Crippen LogP contribution in [0.1, 0.15) is 38.5 Å². The van der Waals surface area contributed by atoms with Crippen LogP contribution < -0.4 is 0 Å². The van der Waals surface area contributed by atoms with Gasteiger partial charge in [-0.25, -0.2) is 0 Å². The Kier molecular flexibility index (Phi) is 8.51. The van der Waals surface area contributed by atoms with Gasteiger partial charge in [0.1, 0.15) is 0 Å². The molecule has 0 heteroatoms. The van der Waals surface area contributed by atoms with Crippen molar-refractivity contribution in [3.63, 3.8) is 0 Å². The van der Waals surface area contributed by atoms with E-state index in [0.717, 1.165) is 12.8 Å². The van der Waals surface area contributed by atoms with Crippen LogP contribution in [0.25, 0.3) is 0 Å². The average Bonchev–Trinajstić information content (AvgIpc) is 1.97. The minimum absolute atomic E-state index is 1.06. The molecular weight excluding hydrogens is 120 g/mol. The maximum Gasteiger partial charge on any atom is -0.0351 e. The molecule has 0 nitrogen and oxygen atoms in total. The summed E-state index contributed by atoms with van der Waals surface area (Å²) in [7, 11) is 0. The SMILES string of the molecule is [CH2]CCC/C=C/CCC[CH2]. The van der Waals surface area contributed by atoms with Gasteiger partial charge in [0.15, 0.2) is 0 Å². The molecule has 0 spiro atoms. The zero-order valence-corrected chi connectivity index (χ0v) is 6.81. The minimum atomic E-state index is 1.06. The monoisotopic (exact) mass is 138 g/mol. The molecule has 0 amide bonds. The summed E-state index contributed by atoms with van der Waals surface area (Å²) < 4.78 is 0. The van der Waals surface area contributed by atoms with Crippen molar-refractivity contribution < 1.29 is 0 Å². The van der Waals surface area contributed by atoms with Gasteiger partial charge in [-0.2, -0.15) is 0 Å². The predicted octanol–water partition coefficient (Wildman–Crippen LogP) is 3.55. The molecule has 0 heterocycles. The predicted molar refractivity (Wildman–Crippen MR) is 47.6 cm³/mol. The van der Waals surface area contributed by atoms with Crippen LogP contribution in [0.15, 0.2) is 12.2 Å². The molecule has 0 rings (SSSR count). The lowest BCUT2D eigenvalue weighted by Crippen LogP contribution is -1.69. The Bertz CT molecular complexity index is 62.1. The fraction of sp³-hybridized carbons (Fsp3) is 0.600. The lowest BCUT2D eigenvalue weighted by molar-refractivity contribution is 0.839. The molecule has 0 aliphatic carbocycles. The summed E-state index contributed by atoms with van der Waals surface area (Å²) in [4.78, 5) is 0. The Labute approximate surface area is 65.3 Å². The zero-order chi connectivity index (χ0) is 7.66. The van der Waals surface area contributed by atoms with Gasteiger partial charge in [-0.05, 0) is 25.7 Å². The van der Waals surface area contributed by atoms with Gasteiger partial charge >= 0.3 is 0 Å². The summed E-state index contributed by atoms with van der Waals surface area (Å²) in [5.41, 5.74) is 0. The van der Waals surface area contributed by atoms with Gasteiger partial charge in [0.05, 0.1) is 0 Å². The molecule has 0 aliphatic heterocycles. The average molecular weight is 138 g/mol. The molecule has 0 atom stereocenters. The van der Waals surface area contributed by atoms with Gasteiger partial charge in [0, 0.05) is 0 Å². The number of allylic oxidation sites excluding steroid dienone is 2. The van der Waals surface area contributed by atoms with Crippen LogP contribution in [0.3, 0.4) is 0 Å². The van der Waals surface area contributed by atoms with E-state index in [1.807, 2.05) is 0 Å². The minimum Gasteiger partial charge on any atom is -0.0885 e. The molecule has 0 aromatic heterocycles. The molecule has 0 bridgehead atoms. The molecule has 2 radical (unpaired) electrons. The third-order valence-electron chi connectivity index (χ3n) is 1.41. The Hall–Kier alpha value is -0.260. The largest absolute Gasteiger partial charge is 0.0885 e. The van der Waals surface area contributed by atoms with Crippen LogP contribution in [-0.2, 0) is 0 Å². The Morgan fingerprint density at radius 3 is 1.50 bits per heavy atom. The van der Waals surface area contributed by atoms with Gasteiger partial charge in [0.2, 0.25) is 0 Å². The van der Waals surface area contributed by atoms with Crippen molar-refractivity contribution in [1.29, 1.82) is 0 Å². The summed E-state index contributed by atoms with van der Waals surface area (Å²) >= 11 is 0. The van der Waals surface area contributed by atoms with E-state index in [9.17, 15) is 0 Å². The molecule has 0 saturated heterocycles. The summed E-state index contributed by atoms with van der Waals surface area (Å²) in [5.74, 6) is 0. The van der Waals surface area contributed by atoms with Crippen molar-refractivity contribution in [2.75, 3.05) is 0 Å². The van der Waals surface area contributed by atoms with E-state index in [-0.39, 0.29) is 0 Å². The lowest BCUT2D eigenvalue weighted by atomic mass is 10.2. The van der Waals surface area contributed by atoms with Crippen LogP contribution in [0.2, 0.25) is 0 Å². The Balaban J connectivity index is 2.89. The second kappa shape index (κ2) is 8.74. The summed E-state index contributed by atoms with van der Waals surface area (Å²) in [5, 5.41) is 0. The van der Waals surface area contributed by atoms with E-state index in [4.69, 9.17) is 0 Å². The maximum atomic E-state index is 3.78. The van der Waals surface area contributed by atoms with Crippen molar-refractivity contribution in [2.24, 2.45) is 0 Å². The van der Waals surface area contributed by atoms with Crippen LogP contribution in [-0.4, -0.2) is 0 Å². The molecule has 0 aromatic rings. The fourth-order valence-electron chi connectivity index (χ4n) is 0.760. The highest BCUT2D eigenvalue weighted by molar-refractivity contribution is 4.81. The van der Waals surface area contributed by atoms with Gasteiger partial charge in [-0.1, -0.05) is 38.8 Å². The summed E-state index contributed by atoms with van der Waals surface area (Å²) in [6.07, 6.45) is 11.4. The first-order chi connectivity index (χ1) is 4.91. The molecular formula is C10H18. The Morgan fingerprint density at radius 1 is 0.800 bits per heavy atom. The van der Waals surface area contributed by atoms with E-state index in [1.165, 1.54) is 25.7 Å². The van der Waals surface area contributed by atoms with E-state index in [1.54, 1.807) is 0 Å². The van der Waals surface area contributed by atoms with E-state index in [2.05, 4.69) is 26.0 Å². The number of hydrogen-bond donors (Lipinski definition) is 0. The van der Waals surface area contributed by atoms with Crippen molar-refractivity contribution in [3.8, 4) is 0 Å². The van der Waals surface area contributed by atoms with E-state index < -0.39 is 0 Å². The molecule has 10 heavy (non-hydrogen) atoms. The number of rotatable bonds is 6. The second-order valence-electron chi connectivity index (χ2n) is 2.46. The normalized spacial score (nSPS) is 11.0. The van der Waals surface area contributed by atoms with Gasteiger partial charge in [-0.3, -0.25) is 0 Å². The summed E-state index contributed by atoms with van der Waals surface area (Å²) in [6.45, 7) is 7.55. The van der Waals surface area contributed by atoms with Crippen molar-refractivity contribution in [2.45, 2.75) is 38.5 Å². The van der Waals surface area contributed by atoms with E-state index in [0.29, 0.717) is 0 Å². The van der Waals surface area contributed by atoms with Gasteiger partial charge in [-0.15, -0.1) is 0 Å². The van der Waals surface area contributed by atoms with Crippen LogP contribution in [0.4, 0.5) is 0 Å². The first kappa shape index (κ1) is 9.74. The highest BCUT2D eigenvalue weighted by Gasteiger charge is 1.79. The molecule has 0 aromatic carbocycles. The smallest absolute Gasteiger partial charge is 0.0351 e. The number of unbranched alkanes of at least 4 members (excludes halogenated alkanes) is 4. The topological polar surface area (TPSA) is 0 Å². The molecule has 58 valence electrons. The third kappa shape index (κ3) is 7.74. The highest BCUT2D eigenvalue weighted by atomic mass is 13.9. The quantitative estimate of drug-likeness (QED) is 0.389. The molecule has 0 aliphatic rings. The third-order valence-corrected chi connectivity index (χ3v) is 1.41. The zero-order valence-electron chi connectivity index (χ0n) is 6.81. The van der Waals surface area contributed by atoms with Crippen LogP contribution in [0, 0.1) is 13.8 Å². The lowest BCUT2D eigenvalue weighted by Gasteiger charge is -1.89. The maximum absolute atomic E-state index is 3.78. The van der Waals surface area contributed by atoms with Crippen molar-refractivity contribution in [1.82, 2.24) is 0 Å². The summed E-state index contributed by atoms with van der Waals surface area (Å²) in [6, 6.07) is 0. The standard InChI is InChI=1S/C10H18/c1-3-5-7-9-10-8-6-4-2/h9-10H,1-8H2/b10-9+. The number of hydrogen-bond acceptors (Lipinski definition) is 0. The van der Waals surface area contributed by atoms with Crippen molar-refractivity contribution in [3.05, 3.63) is 26.0 Å². The molecule has 0 unspecified atom stereocenters. The molecule has 0 N–H and O–H groups in total. The van der Waals surface area contributed by atoms with Crippen molar-refractivity contribution >= 4 is 0 Å². The second-order valence-corrected chi connectivity index (χ2v) is 2.46. The highest BCUT2D eigenvalue weighted by Crippen LogP contribution is 1.98. The van der Waals surface area contributed by atoms with Crippen LogP contribution >= 0.6 is 0 Å². The molecule has 0 saturated carbocycles. The first-order valence-electron chi connectivity index (χ1n) is 4.15. The van der Waals surface area contributed by atoms with Crippen LogP contribution in [0.5, 0.6) is 0 Å². The van der Waals surface area contributed by atoms with Gasteiger partial charge < -0.3 is 0 Å². The Morgan fingerprint density at radius 2 is 1.20 bits per heavy atom. The molecule has 0 fully saturated rings. The van der Waals surface area contributed by atoms with Gasteiger partial charge in [0.25, 0.3) is 0 Å². The first-order valence-corrected chi connectivity index (χ1v) is 4.15. The fourth-order valence-corrected chi connectivity index (χ4v) is 0.760. The van der Waals surface area contributed by atoms with E-state index >= 15 is 0 Å².